The van der Waals surface area contributed by atoms with Crippen molar-refractivity contribution in [3.8, 4) is 0 Å². The van der Waals surface area contributed by atoms with Gasteiger partial charge in [-0.15, -0.1) is 0 Å². The molecule has 1 aliphatic heterocycles. The average molecular weight is 619 g/mol. The summed E-state index contributed by atoms with van der Waals surface area (Å²) >= 11 is 0. The van der Waals surface area contributed by atoms with Crippen molar-refractivity contribution >= 4 is 5.97 Å². The Morgan fingerprint density at radius 2 is 1.52 bits per heavy atom. The highest BCUT2D eigenvalue weighted by Gasteiger charge is 2.72. The molecule has 0 radical (unpaired) electrons. The largest absolute Gasteiger partial charge is 0.432 e. The number of aliphatic hydroxyl groups excluding tert-OH is 5. The molecule has 0 bridgehead atoms. The summed E-state index contributed by atoms with van der Waals surface area (Å²) in [6, 6.07) is 0. The molecule has 1 saturated heterocycles. The molecule has 15 atom stereocenters. The molecule has 6 fully saturated rings. The molecule has 0 unspecified atom stereocenters. The second kappa shape index (κ2) is 10.7. The molecule has 5 N–H and O–H groups in total. The number of carbonyl (C=O) groups excluding carboxylic acids is 1. The molecule has 5 saturated carbocycles. The number of carbonyl (C=O) groups is 1. The van der Waals surface area contributed by atoms with Gasteiger partial charge in [0.05, 0.1) is 18.1 Å². The standard InChI is InChI=1S/C36H58O8/c1-19(2)20-10-15-36(31(42)44-30-29(41)28(40)27(39)22(18-37)43-30)17-16-34(6)21(26(20)36)8-9-24-33(5)13-12-25(38)32(3,4)23(33)11-14-35(24,34)7/h20-30,37-41H,1,8-18H2,2-7H3/t20-,21+,22-,23-,24+,25-,26+,27-,28+,29-,30+,33-,34+,35+,36-/m0/s1. The fourth-order valence-electron chi connectivity index (χ4n) is 12.9. The lowest BCUT2D eigenvalue weighted by Crippen LogP contribution is -2.67. The third-order valence-electron chi connectivity index (χ3n) is 15.5. The summed E-state index contributed by atoms with van der Waals surface area (Å²) in [5, 5.41) is 52.0. The molecule has 0 amide bonds. The van der Waals surface area contributed by atoms with Crippen LogP contribution in [-0.2, 0) is 14.3 Å². The molecular formula is C36H58O8. The molecule has 6 rings (SSSR count). The normalized spacial score (nSPS) is 54.8. The summed E-state index contributed by atoms with van der Waals surface area (Å²) < 4.78 is 11.6. The number of rotatable bonds is 4. The number of hydrogen-bond acceptors (Lipinski definition) is 8. The molecule has 1 heterocycles. The Kier molecular flexibility index (Phi) is 8.03. The van der Waals surface area contributed by atoms with Crippen LogP contribution >= 0.6 is 0 Å². The summed E-state index contributed by atoms with van der Waals surface area (Å²) in [6.07, 6.45) is 1.96. The minimum Gasteiger partial charge on any atom is -0.432 e. The van der Waals surface area contributed by atoms with Crippen LogP contribution in [0.15, 0.2) is 12.2 Å². The molecule has 0 aromatic heterocycles. The molecule has 5 aliphatic carbocycles. The Morgan fingerprint density at radius 3 is 2.18 bits per heavy atom. The Labute approximate surface area is 263 Å². The van der Waals surface area contributed by atoms with Crippen molar-refractivity contribution < 1.29 is 39.8 Å². The van der Waals surface area contributed by atoms with Gasteiger partial charge in [0.1, 0.15) is 24.4 Å². The van der Waals surface area contributed by atoms with Crippen LogP contribution in [0.25, 0.3) is 0 Å². The zero-order chi connectivity index (χ0) is 32.2. The molecule has 8 nitrogen and oxygen atoms in total. The van der Waals surface area contributed by atoms with Crippen molar-refractivity contribution in [2.45, 2.75) is 143 Å². The minimum atomic E-state index is -1.61. The molecular weight excluding hydrogens is 560 g/mol. The Bertz CT molecular complexity index is 1150. The van der Waals surface area contributed by atoms with Gasteiger partial charge in [-0.05, 0) is 122 Å². The number of hydrogen-bond donors (Lipinski definition) is 5. The van der Waals surface area contributed by atoms with Gasteiger partial charge in [0.15, 0.2) is 0 Å². The van der Waals surface area contributed by atoms with E-state index in [1.54, 1.807) is 0 Å². The summed E-state index contributed by atoms with van der Waals surface area (Å²) in [7, 11) is 0. The van der Waals surface area contributed by atoms with Crippen molar-refractivity contribution in [1.29, 1.82) is 0 Å². The van der Waals surface area contributed by atoms with Crippen LogP contribution in [0.5, 0.6) is 0 Å². The molecule has 44 heavy (non-hydrogen) atoms. The first-order valence-corrected chi connectivity index (χ1v) is 17.3. The van der Waals surface area contributed by atoms with Gasteiger partial charge in [0.25, 0.3) is 0 Å². The van der Waals surface area contributed by atoms with E-state index in [0.717, 1.165) is 56.9 Å². The van der Waals surface area contributed by atoms with Crippen LogP contribution in [0.2, 0.25) is 0 Å². The predicted octanol–water partition coefficient (Wildman–Crippen LogP) is 4.35. The first-order chi connectivity index (χ1) is 20.5. The van der Waals surface area contributed by atoms with E-state index >= 15 is 0 Å². The first-order valence-electron chi connectivity index (χ1n) is 17.3. The predicted molar refractivity (Wildman–Crippen MR) is 165 cm³/mol. The van der Waals surface area contributed by atoms with Gasteiger partial charge < -0.3 is 35.0 Å². The summed E-state index contributed by atoms with van der Waals surface area (Å²) in [5.41, 5.74) is 0.568. The van der Waals surface area contributed by atoms with Crippen LogP contribution in [0.3, 0.4) is 0 Å². The molecule has 250 valence electrons. The van der Waals surface area contributed by atoms with Crippen molar-refractivity contribution in [3.05, 3.63) is 12.2 Å². The lowest BCUT2D eigenvalue weighted by atomic mass is 9.32. The molecule has 0 spiro atoms. The second-order valence-electron chi connectivity index (χ2n) is 17.3. The number of allylic oxidation sites excluding steroid dienone is 1. The van der Waals surface area contributed by atoms with Gasteiger partial charge in [-0.2, -0.15) is 0 Å². The second-order valence-corrected chi connectivity index (χ2v) is 17.3. The maximum atomic E-state index is 14.4. The highest BCUT2D eigenvalue weighted by molar-refractivity contribution is 5.78. The van der Waals surface area contributed by atoms with Gasteiger partial charge >= 0.3 is 5.97 Å². The highest BCUT2D eigenvalue weighted by Crippen LogP contribution is 2.77. The number of fused-ring (bicyclic) bond motifs is 7. The average Bonchev–Trinajstić information content (AvgIpc) is 3.37. The van der Waals surface area contributed by atoms with Crippen LogP contribution in [0.1, 0.15) is 106 Å². The molecule has 0 aromatic carbocycles. The third-order valence-corrected chi connectivity index (χ3v) is 15.5. The highest BCUT2D eigenvalue weighted by atomic mass is 16.7. The zero-order valence-electron chi connectivity index (χ0n) is 27.8. The van der Waals surface area contributed by atoms with Crippen LogP contribution < -0.4 is 0 Å². The fourth-order valence-corrected chi connectivity index (χ4v) is 12.9. The van der Waals surface area contributed by atoms with Gasteiger partial charge in [0, 0.05) is 0 Å². The topological polar surface area (TPSA) is 137 Å². The van der Waals surface area contributed by atoms with Crippen molar-refractivity contribution in [1.82, 2.24) is 0 Å². The smallest absolute Gasteiger partial charge is 0.314 e. The lowest BCUT2D eigenvalue weighted by Gasteiger charge is -2.72. The third kappa shape index (κ3) is 4.26. The quantitative estimate of drug-likeness (QED) is 0.232. The van der Waals surface area contributed by atoms with Gasteiger partial charge in [-0.1, -0.05) is 46.8 Å². The Balaban J connectivity index is 1.33. The number of aliphatic hydroxyl groups is 5. The monoisotopic (exact) mass is 618 g/mol. The summed E-state index contributed by atoms with van der Waals surface area (Å²) in [6.45, 7) is 18.1. The van der Waals surface area contributed by atoms with Crippen molar-refractivity contribution in [2.75, 3.05) is 6.61 Å². The van der Waals surface area contributed by atoms with E-state index in [4.69, 9.17) is 9.47 Å². The van der Waals surface area contributed by atoms with E-state index < -0.39 is 48.7 Å². The lowest BCUT2D eigenvalue weighted by molar-refractivity contribution is -0.299. The molecule has 8 heteroatoms. The van der Waals surface area contributed by atoms with Crippen LogP contribution in [0, 0.1) is 56.7 Å². The van der Waals surface area contributed by atoms with E-state index in [1.807, 2.05) is 0 Å². The van der Waals surface area contributed by atoms with E-state index in [9.17, 15) is 30.3 Å². The fraction of sp³-hybridized carbons (Fsp3) is 0.917. The Morgan fingerprint density at radius 1 is 0.818 bits per heavy atom. The maximum absolute atomic E-state index is 14.4. The summed E-state index contributed by atoms with van der Waals surface area (Å²) in [4.78, 5) is 14.4. The number of ether oxygens (including phenoxy) is 2. The maximum Gasteiger partial charge on any atom is 0.314 e. The van der Waals surface area contributed by atoms with Crippen molar-refractivity contribution in [2.24, 2.45) is 56.7 Å². The van der Waals surface area contributed by atoms with E-state index in [0.29, 0.717) is 30.6 Å². The van der Waals surface area contributed by atoms with E-state index in [2.05, 4.69) is 48.1 Å². The zero-order valence-corrected chi connectivity index (χ0v) is 27.8. The molecule has 0 aromatic rings. The van der Waals surface area contributed by atoms with Gasteiger partial charge in [-0.25, -0.2) is 0 Å². The SMILES string of the molecule is C=C(C)[C@@H]1CC[C@]2(C(=O)O[C@H]3O[C@@H](CO)[C@H](O)[C@@H](O)[C@@H]3O)CC[C@]3(C)[C@H](CC[C@@H]4[C@@]5(C)CC[C@H](O)C(C)(C)[C@@H]5CC[C@]43C)[C@@H]12. The van der Waals surface area contributed by atoms with E-state index in [-0.39, 0.29) is 39.6 Å². The van der Waals surface area contributed by atoms with E-state index in [1.165, 1.54) is 0 Å². The summed E-state index contributed by atoms with van der Waals surface area (Å²) in [5.74, 6) is 1.21. The minimum absolute atomic E-state index is 0.0275. The van der Waals surface area contributed by atoms with Crippen molar-refractivity contribution in [3.63, 3.8) is 0 Å². The number of esters is 1. The molecule has 6 aliphatic rings. The Hall–Kier alpha value is -1.03. The van der Waals surface area contributed by atoms with Gasteiger partial charge in [-0.3, -0.25) is 4.79 Å². The van der Waals surface area contributed by atoms with Crippen LogP contribution in [-0.4, -0.2) is 74.9 Å². The van der Waals surface area contributed by atoms with Gasteiger partial charge in [0.2, 0.25) is 6.29 Å². The van der Waals surface area contributed by atoms with Crippen LogP contribution in [0.4, 0.5) is 0 Å². The first kappa shape index (κ1) is 32.9.